The number of ketones is 1. The van der Waals surface area contributed by atoms with Crippen molar-refractivity contribution in [2.45, 2.75) is 26.7 Å². The lowest BCUT2D eigenvalue weighted by Gasteiger charge is -2.26. The van der Waals surface area contributed by atoms with Crippen LogP contribution in [0.4, 0.5) is 0 Å². The van der Waals surface area contributed by atoms with Gasteiger partial charge in [-0.3, -0.25) is 18.7 Å². The first-order valence-electron chi connectivity index (χ1n) is 7.62. The Morgan fingerprint density at radius 2 is 1.71 bits per heavy atom. The van der Waals surface area contributed by atoms with Crippen molar-refractivity contribution in [1.82, 2.24) is 19.1 Å². The van der Waals surface area contributed by atoms with E-state index in [1.165, 1.54) is 18.7 Å². The molecule has 0 aliphatic heterocycles. The van der Waals surface area contributed by atoms with E-state index < -0.39 is 11.2 Å². The van der Waals surface area contributed by atoms with Gasteiger partial charge >= 0.3 is 5.69 Å². The molecule has 0 amide bonds. The highest BCUT2D eigenvalue weighted by Crippen LogP contribution is 2.38. The molecule has 0 saturated carbocycles. The van der Waals surface area contributed by atoms with Crippen LogP contribution in [-0.2, 0) is 20.5 Å². The molecular formula is C16H16N4O4. The van der Waals surface area contributed by atoms with E-state index in [0.29, 0.717) is 29.7 Å². The summed E-state index contributed by atoms with van der Waals surface area (Å²) in [6, 6.07) is 0. The smallest absolute Gasteiger partial charge is 0.332 e. The van der Waals surface area contributed by atoms with Crippen LogP contribution in [0.25, 0.3) is 22.4 Å². The van der Waals surface area contributed by atoms with Gasteiger partial charge in [0.2, 0.25) is 5.71 Å². The Hall–Kier alpha value is -2.77. The molecule has 0 atom stereocenters. The maximum absolute atomic E-state index is 12.5. The van der Waals surface area contributed by atoms with Crippen molar-refractivity contribution in [2.75, 3.05) is 0 Å². The Kier molecular flexibility index (Phi) is 2.71. The summed E-state index contributed by atoms with van der Waals surface area (Å²) >= 11 is 0. The minimum atomic E-state index is -0.541. The van der Waals surface area contributed by atoms with E-state index in [-0.39, 0.29) is 28.1 Å². The summed E-state index contributed by atoms with van der Waals surface area (Å²) in [6.45, 7) is 4.00. The molecule has 0 radical (unpaired) electrons. The summed E-state index contributed by atoms with van der Waals surface area (Å²) in [5, 5.41) is 0. The lowest BCUT2D eigenvalue weighted by atomic mass is 9.76. The van der Waals surface area contributed by atoms with Crippen molar-refractivity contribution in [3.8, 4) is 0 Å². The number of aromatic nitrogens is 4. The lowest BCUT2D eigenvalue weighted by Crippen LogP contribution is -2.37. The third-order valence-electron chi connectivity index (χ3n) is 4.54. The minimum absolute atomic E-state index is 0.0494. The van der Waals surface area contributed by atoms with Gasteiger partial charge in [0, 0.05) is 26.9 Å². The van der Waals surface area contributed by atoms with E-state index in [0.717, 1.165) is 4.57 Å². The van der Waals surface area contributed by atoms with Gasteiger partial charge in [0.1, 0.15) is 11.3 Å². The fourth-order valence-electron chi connectivity index (χ4n) is 3.32. The second kappa shape index (κ2) is 4.40. The quantitative estimate of drug-likeness (QED) is 0.608. The van der Waals surface area contributed by atoms with Crippen LogP contribution in [0, 0.1) is 5.41 Å². The first kappa shape index (κ1) is 14.8. The van der Waals surface area contributed by atoms with Crippen LogP contribution in [0.15, 0.2) is 14.0 Å². The summed E-state index contributed by atoms with van der Waals surface area (Å²) in [6.07, 6.45) is 0.985. The second-order valence-electron chi connectivity index (χ2n) is 7.10. The molecule has 0 spiro atoms. The molecule has 8 heteroatoms. The van der Waals surface area contributed by atoms with Crippen LogP contribution in [0.1, 0.15) is 36.4 Å². The molecule has 0 bridgehead atoms. The SMILES string of the molecule is Cn1c(=O)c2nc3c4c(oc3nc2n(C)c1=O)CC(C)(C)CC4=O. The third-order valence-corrected chi connectivity index (χ3v) is 4.54. The number of Topliss-reactive ketones (excluding diaryl/α,β-unsaturated/α-hetero) is 1. The molecule has 0 saturated heterocycles. The average Bonchev–Trinajstić information content (AvgIpc) is 2.85. The topological polar surface area (TPSA) is 100.0 Å². The molecule has 0 fully saturated rings. The van der Waals surface area contributed by atoms with E-state index >= 15 is 0 Å². The zero-order chi connectivity index (χ0) is 17.4. The van der Waals surface area contributed by atoms with Crippen LogP contribution < -0.4 is 11.2 Å². The van der Waals surface area contributed by atoms with Crippen molar-refractivity contribution < 1.29 is 9.21 Å². The number of furan rings is 1. The summed E-state index contributed by atoms with van der Waals surface area (Å²) < 4.78 is 7.97. The number of nitrogens with zero attached hydrogens (tertiary/aromatic N) is 4. The Morgan fingerprint density at radius 1 is 1.00 bits per heavy atom. The van der Waals surface area contributed by atoms with Crippen molar-refractivity contribution >= 4 is 28.2 Å². The second-order valence-corrected chi connectivity index (χ2v) is 7.10. The molecule has 24 heavy (non-hydrogen) atoms. The van der Waals surface area contributed by atoms with Gasteiger partial charge in [-0.1, -0.05) is 13.8 Å². The number of carbonyl (C=O) groups excluding carboxylic acids is 1. The molecule has 3 heterocycles. The van der Waals surface area contributed by atoms with Gasteiger partial charge in [-0.25, -0.2) is 9.78 Å². The zero-order valence-electron chi connectivity index (χ0n) is 13.8. The molecule has 0 unspecified atom stereocenters. The highest BCUT2D eigenvalue weighted by Gasteiger charge is 2.36. The molecule has 1 aliphatic carbocycles. The standard InChI is InChI=1S/C16H16N4O4/c1-16(2)5-7(21)9-8(6-16)24-13-10(9)17-11-12(18-13)19(3)15(23)20(4)14(11)22/h5-6H2,1-4H3. The van der Waals surface area contributed by atoms with Crippen LogP contribution in [0.3, 0.4) is 0 Å². The number of fused-ring (bicyclic) bond motifs is 4. The van der Waals surface area contributed by atoms with Gasteiger partial charge in [-0.15, -0.1) is 0 Å². The van der Waals surface area contributed by atoms with E-state index in [2.05, 4.69) is 9.97 Å². The maximum atomic E-state index is 12.5. The summed E-state index contributed by atoms with van der Waals surface area (Å²) in [5.74, 6) is 0.485. The highest BCUT2D eigenvalue weighted by molar-refractivity contribution is 6.08. The number of aryl methyl sites for hydroxylation is 1. The number of carbonyl (C=O) groups is 1. The Labute approximate surface area is 135 Å². The van der Waals surface area contributed by atoms with Gasteiger partial charge in [0.05, 0.1) is 5.56 Å². The molecular weight excluding hydrogens is 312 g/mol. The van der Waals surface area contributed by atoms with Crippen LogP contribution in [-0.4, -0.2) is 24.9 Å². The van der Waals surface area contributed by atoms with E-state index in [1.54, 1.807) is 0 Å². The Morgan fingerprint density at radius 3 is 2.42 bits per heavy atom. The van der Waals surface area contributed by atoms with Gasteiger partial charge < -0.3 is 4.42 Å². The summed E-state index contributed by atoms with van der Waals surface area (Å²) in [5.41, 5.74) is -0.136. The molecule has 0 aromatic carbocycles. The van der Waals surface area contributed by atoms with Crippen LogP contribution in [0.5, 0.6) is 0 Å². The predicted octanol–water partition coefficient (Wildman–Crippen LogP) is 0.928. The van der Waals surface area contributed by atoms with E-state index in [1.807, 2.05) is 13.8 Å². The summed E-state index contributed by atoms with van der Waals surface area (Å²) in [4.78, 5) is 45.6. The van der Waals surface area contributed by atoms with Crippen molar-refractivity contribution in [2.24, 2.45) is 19.5 Å². The maximum Gasteiger partial charge on any atom is 0.332 e. The first-order valence-corrected chi connectivity index (χ1v) is 7.62. The van der Waals surface area contributed by atoms with Crippen molar-refractivity contribution in [1.29, 1.82) is 0 Å². The minimum Gasteiger partial charge on any atom is -0.441 e. The average molecular weight is 328 g/mol. The summed E-state index contributed by atoms with van der Waals surface area (Å²) in [7, 11) is 2.90. The molecule has 8 nitrogen and oxygen atoms in total. The highest BCUT2D eigenvalue weighted by atomic mass is 16.3. The third kappa shape index (κ3) is 1.82. The van der Waals surface area contributed by atoms with Gasteiger partial charge in [-0.05, 0) is 5.41 Å². The van der Waals surface area contributed by atoms with E-state index in [4.69, 9.17) is 4.42 Å². The molecule has 124 valence electrons. The molecule has 3 aromatic heterocycles. The zero-order valence-corrected chi connectivity index (χ0v) is 13.8. The fourth-order valence-corrected chi connectivity index (χ4v) is 3.32. The van der Waals surface area contributed by atoms with Gasteiger partial charge in [-0.2, -0.15) is 4.98 Å². The molecule has 0 N–H and O–H groups in total. The van der Waals surface area contributed by atoms with Gasteiger partial charge in [0.15, 0.2) is 16.9 Å². The first-order chi connectivity index (χ1) is 11.2. The van der Waals surface area contributed by atoms with Crippen molar-refractivity contribution in [3.63, 3.8) is 0 Å². The monoisotopic (exact) mass is 328 g/mol. The van der Waals surface area contributed by atoms with E-state index in [9.17, 15) is 14.4 Å². The Bertz CT molecular complexity index is 1160. The predicted molar refractivity (Wildman–Crippen MR) is 86.2 cm³/mol. The van der Waals surface area contributed by atoms with Crippen molar-refractivity contribution in [3.05, 3.63) is 32.2 Å². The Balaban J connectivity index is 2.16. The van der Waals surface area contributed by atoms with Gasteiger partial charge in [0.25, 0.3) is 5.56 Å². The fraction of sp³-hybridized carbons (Fsp3) is 0.438. The lowest BCUT2D eigenvalue weighted by molar-refractivity contribution is 0.0905. The van der Waals surface area contributed by atoms with Crippen LogP contribution in [0.2, 0.25) is 0 Å². The largest absolute Gasteiger partial charge is 0.441 e. The number of hydrogen-bond acceptors (Lipinski definition) is 6. The molecule has 3 aromatic rings. The van der Waals surface area contributed by atoms with Crippen LogP contribution >= 0.6 is 0 Å². The molecule has 1 aliphatic rings. The number of hydrogen-bond donors (Lipinski definition) is 0. The number of rotatable bonds is 0. The molecule has 4 rings (SSSR count). The normalized spacial score (nSPS) is 16.8.